The molecule has 1 heterocycles. The average Bonchev–Trinajstić information content (AvgIpc) is 3.25. The number of aromatic nitrogens is 1. The van der Waals surface area contributed by atoms with Gasteiger partial charge in [-0.25, -0.2) is 0 Å². The summed E-state index contributed by atoms with van der Waals surface area (Å²) in [5.74, 6) is 0.932. The molecule has 1 aromatic heterocycles. The zero-order valence-electron chi connectivity index (χ0n) is 18.4. The predicted molar refractivity (Wildman–Crippen MR) is 125 cm³/mol. The van der Waals surface area contributed by atoms with Gasteiger partial charge in [-0.1, -0.05) is 5.16 Å². The van der Waals surface area contributed by atoms with E-state index in [1.807, 2.05) is 19.0 Å². The van der Waals surface area contributed by atoms with E-state index in [0.29, 0.717) is 46.1 Å². The lowest BCUT2D eigenvalue weighted by molar-refractivity contribution is 0.103. The second-order valence-electron chi connectivity index (χ2n) is 7.83. The first-order valence-electron chi connectivity index (χ1n) is 10.4. The highest BCUT2D eigenvalue weighted by molar-refractivity contribution is 6.15. The van der Waals surface area contributed by atoms with Crippen LogP contribution in [0.2, 0.25) is 0 Å². The van der Waals surface area contributed by atoms with Gasteiger partial charge in [-0.3, -0.25) is 4.79 Å². The minimum Gasteiger partial charge on any atom is -0.508 e. The minimum absolute atomic E-state index is 0.106. The van der Waals surface area contributed by atoms with Crippen LogP contribution in [0, 0.1) is 0 Å². The first-order chi connectivity index (χ1) is 15.9. The Hall–Kier alpha value is -4.10. The summed E-state index contributed by atoms with van der Waals surface area (Å²) >= 11 is 0. The average molecular weight is 444 g/mol. The van der Waals surface area contributed by atoms with Gasteiger partial charge in [0, 0.05) is 23.2 Å². The number of likely N-dealkylation sites (N-methyl/N-ethyl adjacent to an activating group) is 1. The van der Waals surface area contributed by atoms with Gasteiger partial charge in [0.05, 0.1) is 5.56 Å². The van der Waals surface area contributed by atoms with Gasteiger partial charge in [-0.05, 0) is 86.9 Å². The molecule has 0 saturated carbocycles. The monoisotopic (exact) mass is 444 g/mol. The van der Waals surface area contributed by atoms with Crippen LogP contribution in [-0.4, -0.2) is 53.3 Å². The quantitative estimate of drug-likeness (QED) is 0.384. The topological polar surface area (TPSA) is 96.0 Å². The van der Waals surface area contributed by atoms with E-state index in [0.717, 1.165) is 6.54 Å². The smallest absolute Gasteiger partial charge is 0.199 e. The largest absolute Gasteiger partial charge is 0.508 e. The van der Waals surface area contributed by atoms with Gasteiger partial charge in [0.25, 0.3) is 0 Å². The molecule has 4 aromatic rings. The Morgan fingerprint density at radius 2 is 1.45 bits per heavy atom. The molecule has 3 aromatic carbocycles. The van der Waals surface area contributed by atoms with Crippen LogP contribution < -0.4 is 4.74 Å². The van der Waals surface area contributed by atoms with Gasteiger partial charge in [0.2, 0.25) is 0 Å². The van der Waals surface area contributed by atoms with Crippen LogP contribution in [0.3, 0.4) is 0 Å². The first kappa shape index (κ1) is 22.1. The molecule has 0 aliphatic heterocycles. The minimum atomic E-state index is -0.262. The number of ketones is 1. The second-order valence-corrected chi connectivity index (χ2v) is 7.83. The number of aromatic hydroxyl groups is 2. The van der Waals surface area contributed by atoms with Crippen molar-refractivity contribution in [2.45, 2.75) is 0 Å². The molecule has 0 aliphatic rings. The van der Waals surface area contributed by atoms with E-state index in [1.165, 1.54) is 24.3 Å². The molecule has 7 heteroatoms. The van der Waals surface area contributed by atoms with Crippen LogP contribution in [0.4, 0.5) is 0 Å². The van der Waals surface area contributed by atoms with Gasteiger partial charge in [0.15, 0.2) is 11.5 Å². The van der Waals surface area contributed by atoms with Crippen LogP contribution in [0.1, 0.15) is 15.9 Å². The zero-order chi connectivity index (χ0) is 23.4. The Balaban J connectivity index is 1.71. The van der Waals surface area contributed by atoms with Crippen molar-refractivity contribution in [1.82, 2.24) is 10.1 Å². The van der Waals surface area contributed by atoms with Crippen LogP contribution >= 0.6 is 0 Å². The van der Waals surface area contributed by atoms with Crippen molar-refractivity contribution >= 4 is 5.78 Å². The fourth-order valence-corrected chi connectivity index (χ4v) is 3.32. The Morgan fingerprint density at radius 1 is 0.879 bits per heavy atom. The normalized spacial score (nSPS) is 11.0. The number of benzene rings is 3. The van der Waals surface area contributed by atoms with Gasteiger partial charge in [-0.2, -0.15) is 0 Å². The summed E-state index contributed by atoms with van der Waals surface area (Å²) in [6, 6.07) is 19.7. The SMILES string of the molecule is CN(C)CCOc1ccc(C(=O)c2c(-c3ccc(O)cc3)noc2-c2ccc(O)cc2)cc1. The van der Waals surface area contributed by atoms with Gasteiger partial charge < -0.3 is 24.4 Å². The highest BCUT2D eigenvalue weighted by Crippen LogP contribution is 2.35. The number of phenolic OH excluding ortho intramolecular Hbond substituents is 2. The molecule has 0 spiro atoms. The van der Waals surface area contributed by atoms with E-state index in [1.54, 1.807) is 48.5 Å². The molecule has 2 N–H and O–H groups in total. The molecule has 4 rings (SSSR count). The van der Waals surface area contributed by atoms with Gasteiger partial charge in [0.1, 0.15) is 29.5 Å². The van der Waals surface area contributed by atoms with Crippen LogP contribution in [-0.2, 0) is 0 Å². The maximum Gasteiger partial charge on any atom is 0.199 e. The summed E-state index contributed by atoms with van der Waals surface area (Å²) in [5, 5.41) is 23.4. The lowest BCUT2D eigenvalue weighted by atomic mass is 9.95. The standard InChI is InChI=1S/C26H24N2O5/c1-28(2)15-16-32-22-13-7-18(8-14-22)25(31)23-24(17-3-9-20(29)10-4-17)27-33-26(23)19-5-11-21(30)12-6-19/h3-14,29-30H,15-16H2,1-2H3. The number of hydrogen-bond acceptors (Lipinski definition) is 7. The van der Waals surface area contributed by atoms with E-state index < -0.39 is 0 Å². The number of carbonyl (C=O) groups is 1. The molecular formula is C26H24N2O5. The molecular weight excluding hydrogens is 420 g/mol. The summed E-state index contributed by atoms with van der Waals surface area (Å²) in [7, 11) is 3.95. The van der Waals surface area contributed by atoms with Crippen molar-refractivity contribution in [3.05, 3.63) is 83.9 Å². The molecule has 0 amide bonds. The molecule has 0 atom stereocenters. The van der Waals surface area contributed by atoms with Crippen molar-refractivity contribution in [3.8, 4) is 39.8 Å². The van der Waals surface area contributed by atoms with E-state index >= 15 is 0 Å². The van der Waals surface area contributed by atoms with Crippen molar-refractivity contribution < 1.29 is 24.3 Å². The van der Waals surface area contributed by atoms with Crippen LogP contribution in [0.5, 0.6) is 17.2 Å². The predicted octanol–water partition coefficient (Wildman–Crippen LogP) is 4.59. The van der Waals surface area contributed by atoms with E-state index in [4.69, 9.17) is 9.26 Å². The molecule has 0 radical (unpaired) electrons. The van der Waals surface area contributed by atoms with E-state index in [2.05, 4.69) is 5.16 Å². The van der Waals surface area contributed by atoms with E-state index in [9.17, 15) is 15.0 Å². The van der Waals surface area contributed by atoms with E-state index in [-0.39, 0.29) is 17.3 Å². The maximum absolute atomic E-state index is 13.6. The second kappa shape index (κ2) is 9.58. The van der Waals surface area contributed by atoms with Crippen molar-refractivity contribution in [3.63, 3.8) is 0 Å². The Bertz CT molecular complexity index is 1160. The molecule has 168 valence electrons. The third-order valence-electron chi connectivity index (χ3n) is 5.11. The summed E-state index contributed by atoms with van der Waals surface area (Å²) < 4.78 is 11.3. The number of hydrogen-bond donors (Lipinski definition) is 2. The summed E-state index contributed by atoms with van der Waals surface area (Å²) in [4.78, 5) is 15.6. The lowest BCUT2D eigenvalue weighted by Gasteiger charge is -2.11. The highest BCUT2D eigenvalue weighted by Gasteiger charge is 2.26. The number of rotatable bonds is 8. The number of ether oxygens (including phenoxy) is 1. The summed E-state index contributed by atoms with van der Waals surface area (Å²) in [5.41, 5.74) is 2.37. The Labute approximate surface area is 191 Å². The van der Waals surface area contributed by atoms with Crippen LogP contribution in [0.15, 0.2) is 77.3 Å². The molecule has 0 saturated heterocycles. The lowest BCUT2D eigenvalue weighted by Crippen LogP contribution is -2.19. The Kier molecular flexibility index (Phi) is 6.42. The fourth-order valence-electron chi connectivity index (χ4n) is 3.32. The molecule has 0 bridgehead atoms. The summed E-state index contributed by atoms with van der Waals surface area (Å²) in [6.45, 7) is 1.33. The third kappa shape index (κ3) is 5.05. The summed E-state index contributed by atoms with van der Waals surface area (Å²) in [6.07, 6.45) is 0. The molecule has 0 aliphatic carbocycles. The van der Waals surface area contributed by atoms with Gasteiger partial charge >= 0.3 is 0 Å². The molecule has 7 nitrogen and oxygen atoms in total. The van der Waals surface area contributed by atoms with Gasteiger partial charge in [-0.15, -0.1) is 0 Å². The number of carbonyl (C=O) groups excluding carboxylic acids is 1. The number of phenols is 2. The third-order valence-corrected chi connectivity index (χ3v) is 5.11. The molecule has 0 unspecified atom stereocenters. The fraction of sp³-hybridized carbons (Fsp3) is 0.154. The molecule has 0 fully saturated rings. The Morgan fingerprint density at radius 3 is 2.03 bits per heavy atom. The first-order valence-corrected chi connectivity index (χ1v) is 10.4. The van der Waals surface area contributed by atoms with Crippen LogP contribution in [0.25, 0.3) is 22.6 Å². The van der Waals surface area contributed by atoms with Crippen molar-refractivity contribution in [2.24, 2.45) is 0 Å². The maximum atomic E-state index is 13.6. The van der Waals surface area contributed by atoms with Crippen molar-refractivity contribution in [2.75, 3.05) is 27.2 Å². The number of nitrogens with zero attached hydrogens (tertiary/aromatic N) is 2. The molecule has 33 heavy (non-hydrogen) atoms. The highest BCUT2D eigenvalue weighted by atomic mass is 16.5. The zero-order valence-corrected chi connectivity index (χ0v) is 18.4. The van der Waals surface area contributed by atoms with Crippen molar-refractivity contribution in [1.29, 1.82) is 0 Å².